The van der Waals surface area contributed by atoms with Crippen LogP contribution in [0.25, 0.3) is 27.9 Å². The van der Waals surface area contributed by atoms with Gasteiger partial charge in [0.05, 0.1) is 18.3 Å². The Morgan fingerprint density at radius 2 is 2.00 bits per heavy atom. The number of nitrogens with one attached hydrogen (secondary N) is 1. The Hall–Kier alpha value is -3.90. The van der Waals surface area contributed by atoms with Crippen LogP contribution in [0, 0.1) is 0 Å². The fourth-order valence-corrected chi connectivity index (χ4v) is 3.98. The lowest BCUT2D eigenvalue weighted by atomic mass is 10.1. The molecule has 35 heavy (non-hydrogen) atoms. The number of amides is 1. The average molecular weight is 487 g/mol. The van der Waals surface area contributed by atoms with Crippen molar-refractivity contribution >= 4 is 34.4 Å². The van der Waals surface area contributed by atoms with E-state index in [1.54, 1.807) is 11.6 Å². The van der Waals surface area contributed by atoms with Gasteiger partial charge in [-0.25, -0.2) is 23.0 Å². The van der Waals surface area contributed by atoms with Gasteiger partial charge in [-0.05, 0) is 38.5 Å². The molecular formula is C22H28F2N10O. The summed E-state index contributed by atoms with van der Waals surface area (Å²) in [6.45, 7) is 5.49. The van der Waals surface area contributed by atoms with Gasteiger partial charge in [-0.1, -0.05) is 5.21 Å². The Labute approximate surface area is 200 Å². The van der Waals surface area contributed by atoms with Crippen LogP contribution in [0.3, 0.4) is 0 Å². The highest BCUT2D eigenvalue weighted by molar-refractivity contribution is 5.89. The van der Waals surface area contributed by atoms with E-state index in [4.69, 9.17) is 10.7 Å². The van der Waals surface area contributed by atoms with E-state index in [0.717, 1.165) is 27.9 Å². The Kier molecular flexibility index (Phi) is 6.50. The fourth-order valence-electron chi connectivity index (χ4n) is 3.98. The highest BCUT2D eigenvalue weighted by Crippen LogP contribution is 2.30. The number of anilines is 2. The first kappa shape index (κ1) is 24.2. The molecule has 4 aromatic heterocycles. The molecule has 3 N–H and O–H groups in total. The van der Waals surface area contributed by atoms with Crippen LogP contribution in [0.5, 0.6) is 0 Å². The number of pyridine rings is 1. The number of rotatable bonds is 3. The van der Waals surface area contributed by atoms with Crippen molar-refractivity contribution in [1.29, 1.82) is 0 Å². The van der Waals surface area contributed by atoms with Gasteiger partial charge in [0.15, 0.2) is 11.5 Å². The number of carbonyl (C=O) groups excluding carboxylic acids is 1. The normalized spacial score (nSPS) is 15.3. The molecule has 1 aliphatic rings. The van der Waals surface area contributed by atoms with Crippen molar-refractivity contribution in [3.63, 3.8) is 0 Å². The van der Waals surface area contributed by atoms with Gasteiger partial charge in [-0.3, -0.25) is 4.79 Å². The molecule has 5 heterocycles. The van der Waals surface area contributed by atoms with Gasteiger partial charge in [0, 0.05) is 38.7 Å². The van der Waals surface area contributed by atoms with Crippen molar-refractivity contribution in [3.05, 3.63) is 24.4 Å². The van der Waals surface area contributed by atoms with Crippen molar-refractivity contribution in [2.24, 2.45) is 0 Å². The lowest BCUT2D eigenvalue weighted by Crippen LogP contribution is -2.44. The number of nitrogen functional groups attached to an aromatic ring is 1. The number of likely N-dealkylation sites (tertiary alicyclic amines) is 1. The maximum Gasteiger partial charge on any atom is 0.265 e. The molecule has 1 saturated heterocycles. The Balaban J connectivity index is 0.000000221. The number of nitrogens with zero attached hydrogens (tertiary/aromatic N) is 8. The SMILES string of the molecule is CC(=O)N1CCCC(F)(F)C1.CNc1nc(N)nn2ccc(-c3ccc4nnn(C(C)C)c4n3)c12. The third-order valence-corrected chi connectivity index (χ3v) is 5.69. The Morgan fingerprint density at radius 3 is 2.63 bits per heavy atom. The van der Waals surface area contributed by atoms with E-state index in [1.165, 1.54) is 11.8 Å². The molecule has 4 aromatic rings. The van der Waals surface area contributed by atoms with E-state index in [-0.39, 0.29) is 24.3 Å². The molecule has 0 unspecified atom stereocenters. The van der Waals surface area contributed by atoms with Gasteiger partial charge >= 0.3 is 0 Å². The molecule has 186 valence electrons. The van der Waals surface area contributed by atoms with E-state index in [9.17, 15) is 13.6 Å². The quantitative estimate of drug-likeness (QED) is 0.452. The number of nitrogens with two attached hydrogens (primary N) is 1. The number of fused-ring (bicyclic) bond motifs is 2. The van der Waals surface area contributed by atoms with E-state index < -0.39 is 12.5 Å². The van der Waals surface area contributed by atoms with Crippen molar-refractivity contribution in [1.82, 2.24) is 39.5 Å². The first-order valence-corrected chi connectivity index (χ1v) is 11.3. The number of carbonyl (C=O) groups is 1. The predicted molar refractivity (Wildman–Crippen MR) is 128 cm³/mol. The Bertz CT molecular complexity index is 1360. The van der Waals surface area contributed by atoms with E-state index in [0.29, 0.717) is 18.8 Å². The lowest BCUT2D eigenvalue weighted by Gasteiger charge is -2.31. The summed E-state index contributed by atoms with van der Waals surface area (Å²) < 4.78 is 28.8. The summed E-state index contributed by atoms with van der Waals surface area (Å²) in [4.78, 5) is 20.9. The average Bonchev–Trinajstić information content (AvgIpc) is 3.42. The molecule has 0 aromatic carbocycles. The molecule has 0 radical (unpaired) electrons. The summed E-state index contributed by atoms with van der Waals surface area (Å²) in [5.41, 5.74) is 9.81. The smallest absolute Gasteiger partial charge is 0.265 e. The third kappa shape index (κ3) is 4.98. The van der Waals surface area contributed by atoms with Crippen molar-refractivity contribution < 1.29 is 13.6 Å². The molecule has 0 saturated carbocycles. The maximum atomic E-state index is 12.6. The van der Waals surface area contributed by atoms with E-state index in [1.807, 2.05) is 42.9 Å². The van der Waals surface area contributed by atoms with Crippen LogP contribution in [0.1, 0.15) is 39.7 Å². The summed E-state index contributed by atoms with van der Waals surface area (Å²) >= 11 is 0. The second-order valence-corrected chi connectivity index (χ2v) is 8.66. The fraction of sp³-hybridized carbons (Fsp3) is 0.455. The highest BCUT2D eigenvalue weighted by atomic mass is 19.3. The van der Waals surface area contributed by atoms with Crippen molar-refractivity contribution in [2.75, 3.05) is 31.2 Å². The van der Waals surface area contributed by atoms with Crippen LogP contribution >= 0.6 is 0 Å². The minimum atomic E-state index is -2.66. The number of aromatic nitrogens is 7. The minimum Gasteiger partial charge on any atom is -0.371 e. The zero-order valence-corrected chi connectivity index (χ0v) is 20.0. The van der Waals surface area contributed by atoms with Crippen LogP contribution < -0.4 is 11.1 Å². The molecule has 0 spiro atoms. The first-order valence-electron chi connectivity index (χ1n) is 11.3. The summed E-state index contributed by atoms with van der Waals surface area (Å²) in [5.74, 6) is -2.06. The summed E-state index contributed by atoms with van der Waals surface area (Å²) in [6.07, 6.45) is 2.16. The second kappa shape index (κ2) is 9.39. The molecule has 5 rings (SSSR count). The molecule has 1 fully saturated rings. The number of piperidine rings is 1. The predicted octanol–water partition coefficient (Wildman–Crippen LogP) is 3.00. The number of halogens is 2. The molecule has 0 aliphatic carbocycles. The van der Waals surface area contributed by atoms with Gasteiger partial charge < -0.3 is 16.0 Å². The topological polar surface area (TPSA) is 132 Å². The molecular weight excluding hydrogens is 458 g/mol. The summed E-state index contributed by atoms with van der Waals surface area (Å²) in [6, 6.07) is 5.97. The molecule has 1 amide bonds. The number of hydrogen-bond donors (Lipinski definition) is 2. The maximum absolute atomic E-state index is 12.6. The first-order chi connectivity index (χ1) is 16.6. The number of hydrogen-bond acceptors (Lipinski definition) is 8. The van der Waals surface area contributed by atoms with E-state index in [2.05, 4.69) is 25.7 Å². The molecule has 0 atom stereocenters. The molecule has 0 bridgehead atoms. The van der Waals surface area contributed by atoms with Crippen LogP contribution in [-0.4, -0.2) is 71.4 Å². The van der Waals surface area contributed by atoms with Crippen LogP contribution in [-0.2, 0) is 4.79 Å². The zero-order chi connectivity index (χ0) is 25.3. The molecule has 1 aliphatic heterocycles. The monoisotopic (exact) mass is 486 g/mol. The van der Waals surface area contributed by atoms with E-state index >= 15 is 0 Å². The van der Waals surface area contributed by atoms with Crippen molar-refractivity contribution in [2.45, 2.75) is 45.6 Å². The largest absolute Gasteiger partial charge is 0.371 e. The van der Waals surface area contributed by atoms with Gasteiger partial charge in [-0.2, -0.15) is 4.98 Å². The summed E-state index contributed by atoms with van der Waals surface area (Å²) in [5, 5.41) is 15.6. The van der Waals surface area contributed by atoms with Gasteiger partial charge in [0.25, 0.3) is 5.92 Å². The van der Waals surface area contributed by atoms with Crippen LogP contribution in [0.4, 0.5) is 20.5 Å². The standard InChI is InChI=1S/C15H17N9.C7H11F2NO/c1-8(2)24-14-11(20-22-24)5-4-10(18-14)9-6-7-23-12(9)13(17-3)19-15(16)21-23;1-6(11)10-4-2-3-7(8,9)5-10/h4-8H,1-3H3,(H3,16,17,19,21);2-5H2,1H3. The molecule has 13 heteroatoms. The van der Waals surface area contributed by atoms with Crippen LogP contribution in [0.2, 0.25) is 0 Å². The third-order valence-electron chi connectivity index (χ3n) is 5.69. The van der Waals surface area contributed by atoms with Gasteiger partial charge in [-0.15, -0.1) is 10.2 Å². The number of alkyl halides is 2. The summed E-state index contributed by atoms with van der Waals surface area (Å²) in [7, 11) is 1.80. The van der Waals surface area contributed by atoms with Crippen LogP contribution in [0.15, 0.2) is 24.4 Å². The second-order valence-electron chi connectivity index (χ2n) is 8.66. The zero-order valence-electron chi connectivity index (χ0n) is 20.0. The minimum absolute atomic E-state index is 0.0865. The molecule has 11 nitrogen and oxygen atoms in total. The van der Waals surface area contributed by atoms with Gasteiger partial charge in [0.1, 0.15) is 11.0 Å². The lowest BCUT2D eigenvalue weighted by molar-refractivity contribution is -0.139. The Morgan fingerprint density at radius 1 is 1.23 bits per heavy atom. The van der Waals surface area contributed by atoms with Gasteiger partial charge in [0.2, 0.25) is 11.9 Å². The van der Waals surface area contributed by atoms with Crippen molar-refractivity contribution in [3.8, 4) is 11.3 Å². The highest BCUT2D eigenvalue weighted by Gasteiger charge is 2.35.